The van der Waals surface area contributed by atoms with Gasteiger partial charge in [-0.05, 0) is 29.8 Å². The normalized spacial score (nSPS) is 9.82. The summed E-state index contributed by atoms with van der Waals surface area (Å²) in [6.07, 6.45) is 0. The molecular formula is C14H11NOS. The van der Waals surface area contributed by atoms with E-state index in [0.29, 0.717) is 11.3 Å². The zero-order valence-corrected chi connectivity index (χ0v) is 9.95. The largest absolute Gasteiger partial charge is 0.507 e. The average Bonchev–Trinajstić information content (AvgIpc) is 2.38. The van der Waals surface area contributed by atoms with Gasteiger partial charge in [0, 0.05) is 10.6 Å². The van der Waals surface area contributed by atoms with Crippen LogP contribution in [0.2, 0.25) is 0 Å². The summed E-state index contributed by atoms with van der Waals surface area (Å²) >= 11 is 1.56. The van der Waals surface area contributed by atoms with Crippen molar-refractivity contribution in [3.05, 3.63) is 59.7 Å². The molecule has 2 nitrogen and oxygen atoms in total. The van der Waals surface area contributed by atoms with Crippen molar-refractivity contribution in [3.8, 4) is 11.8 Å². The second kappa shape index (κ2) is 5.42. The summed E-state index contributed by atoms with van der Waals surface area (Å²) in [6, 6.07) is 16.9. The van der Waals surface area contributed by atoms with Crippen molar-refractivity contribution < 1.29 is 5.11 Å². The van der Waals surface area contributed by atoms with Gasteiger partial charge in [-0.3, -0.25) is 0 Å². The van der Waals surface area contributed by atoms with Crippen LogP contribution >= 0.6 is 11.8 Å². The molecular weight excluding hydrogens is 230 g/mol. The van der Waals surface area contributed by atoms with Crippen LogP contribution in [0.25, 0.3) is 0 Å². The highest BCUT2D eigenvalue weighted by Gasteiger charge is 2.01. The summed E-state index contributed by atoms with van der Waals surface area (Å²) < 4.78 is 0. The van der Waals surface area contributed by atoms with E-state index < -0.39 is 0 Å². The average molecular weight is 241 g/mol. The molecule has 17 heavy (non-hydrogen) atoms. The van der Waals surface area contributed by atoms with Crippen LogP contribution in [0.15, 0.2) is 53.4 Å². The van der Waals surface area contributed by atoms with Gasteiger partial charge in [-0.1, -0.05) is 24.3 Å². The maximum absolute atomic E-state index is 9.62. The fraction of sp³-hybridized carbons (Fsp3) is 0.0714. The van der Waals surface area contributed by atoms with E-state index in [2.05, 4.69) is 6.07 Å². The number of thioether (sulfide) groups is 1. The first-order chi connectivity index (χ1) is 8.29. The predicted octanol–water partition coefficient (Wildman–Crippen LogP) is 3.56. The molecule has 0 aliphatic carbocycles. The van der Waals surface area contributed by atoms with Crippen molar-refractivity contribution in [1.82, 2.24) is 0 Å². The second-order valence-corrected chi connectivity index (χ2v) is 4.59. The number of rotatable bonds is 3. The van der Waals surface area contributed by atoms with Crippen molar-refractivity contribution in [3.63, 3.8) is 0 Å². The third kappa shape index (κ3) is 3.02. The number of hydrogen-bond acceptors (Lipinski definition) is 3. The van der Waals surface area contributed by atoms with Crippen LogP contribution in [0, 0.1) is 11.3 Å². The Kier molecular flexibility index (Phi) is 3.69. The van der Waals surface area contributed by atoms with Crippen molar-refractivity contribution in [2.24, 2.45) is 0 Å². The van der Waals surface area contributed by atoms with Crippen LogP contribution < -0.4 is 0 Å². The zero-order valence-electron chi connectivity index (χ0n) is 9.13. The number of aromatic hydroxyl groups is 1. The van der Waals surface area contributed by atoms with Crippen molar-refractivity contribution in [2.45, 2.75) is 10.6 Å². The molecule has 0 unspecified atom stereocenters. The highest BCUT2D eigenvalue weighted by atomic mass is 32.2. The van der Waals surface area contributed by atoms with Crippen LogP contribution in [-0.4, -0.2) is 5.11 Å². The molecule has 0 atom stereocenters. The highest BCUT2D eigenvalue weighted by Crippen LogP contribution is 2.30. The number of benzene rings is 2. The lowest BCUT2D eigenvalue weighted by Gasteiger charge is -2.04. The fourth-order valence-corrected chi connectivity index (χ4v) is 2.36. The predicted molar refractivity (Wildman–Crippen MR) is 68.8 cm³/mol. The second-order valence-electron chi connectivity index (χ2n) is 3.57. The lowest BCUT2D eigenvalue weighted by molar-refractivity contribution is 0.462. The Balaban J connectivity index is 2.08. The monoisotopic (exact) mass is 241 g/mol. The molecule has 84 valence electrons. The molecule has 0 radical (unpaired) electrons. The minimum Gasteiger partial charge on any atom is -0.507 e. The molecule has 2 aromatic carbocycles. The minimum atomic E-state index is 0.300. The lowest BCUT2D eigenvalue weighted by atomic mass is 10.2. The summed E-state index contributed by atoms with van der Waals surface area (Å²) in [6.45, 7) is 0. The summed E-state index contributed by atoms with van der Waals surface area (Å²) in [5, 5.41) is 18.4. The summed E-state index contributed by atoms with van der Waals surface area (Å²) in [5.41, 5.74) is 1.75. The zero-order chi connectivity index (χ0) is 12.1. The number of nitrogens with zero attached hydrogens (tertiary/aromatic N) is 1. The Morgan fingerprint density at radius 2 is 1.94 bits per heavy atom. The standard InChI is InChI=1S/C14H11NOS/c15-9-11-4-3-5-12(8-11)10-17-14-7-2-1-6-13(14)16/h1-8,16H,10H2. The quantitative estimate of drug-likeness (QED) is 0.836. The van der Waals surface area contributed by atoms with Gasteiger partial charge < -0.3 is 5.11 Å². The van der Waals surface area contributed by atoms with Gasteiger partial charge in [0.1, 0.15) is 5.75 Å². The van der Waals surface area contributed by atoms with E-state index in [0.717, 1.165) is 16.2 Å². The number of nitriles is 1. The van der Waals surface area contributed by atoms with Crippen LogP contribution in [0.1, 0.15) is 11.1 Å². The lowest BCUT2D eigenvalue weighted by Crippen LogP contribution is -1.83. The van der Waals surface area contributed by atoms with Crippen molar-refractivity contribution in [2.75, 3.05) is 0 Å². The van der Waals surface area contributed by atoms with Crippen LogP contribution in [0.4, 0.5) is 0 Å². The van der Waals surface area contributed by atoms with E-state index in [1.54, 1.807) is 30.0 Å². The van der Waals surface area contributed by atoms with E-state index in [1.807, 2.05) is 30.3 Å². The topological polar surface area (TPSA) is 44.0 Å². The fourth-order valence-electron chi connectivity index (χ4n) is 1.47. The van der Waals surface area contributed by atoms with Gasteiger partial charge in [-0.15, -0.1) is 11.8 Å². The first-order valence-corrected chi connectivity index (χ1v) is 6.18. The van der Waals surface area contributed by atoms with Gasteiger partial charge in [-0.25, -0.2) is 0 Å². The molecule has 0 bridgehead atoms. The molecule has 0 saturated heterocycles. The van der Waals surface area contributed by atoms with Gasteiger partial charge in [0.15, 0.2) is 0 Å². The Bertz CT molecular complexity index is 560. The first kappa shape index (κ1) is 11.6. The molecule has 0 amide bonds. The van der Waals surface area contributed by atoms with Gasteiger partial charge >= 0.3 is 0 Å². The molecule has 0 aromatic heterocycles. The maximum atomic E-state index is 9.62. The number of phenols is 1. The summed E-state index contributed by atoms with van der Waals surface area (Å²) in [7, 11) is 0. The van der Waals surface area contributed by atoms with Gasteiger partial charge in [-0.2, -0.15) is 5.26 Å². The van der Waals surface area contributed by atoms with E-state index in [9.17, 15) is 5.11 Å². The van der Waals surface area contributed by atoms with E-state index >= 15 is 0 Å². The first-order valence-electron chi connectivity index (χ1n) is 5.19. The maximum Gasteiger partial charge on any atom is 0.129 e. The van der Waals surface area contributed by atoms with Crippen LogP contribution in [-0.2, 0) is 5.75 Å². The molecule has 0 heterocycles. The van der Waals surface area contributed by atoms with Gasteiger partial charge in [0.2, 0.25) is 0 Å². The Morgan fingerprint density at radius 1 is 1.12 bits per heavy atom. The van der Waals surface area contributed by atoms with Crippen LogP contribution in [0.3, 0.4) is 0 Å². The van der Waals surface area contributed by atoms with E-state index in [1.165, 1.54) is 0 Å². The summed E-state index contributed by atoms with van der Waals surface area (Å²) in [4.78, 5) is 0.856. The molecule has 1 N–H and O–H groups in total. The molecule has 0 aliphatic rings. The smallest absolute Gasteiger partial charge is 0.129 e. The molecule has 2 aromatic rings. The Labute approximate surface area is 105 Å². The Hall–Kier alpha value is -1.92. The molecule has 0 spiro atoms. The Morgan fingerprint density at radius 3 is 2.71 bits per heavy atom. The minimum absolute atomic E-state index is 0.300. The van der Waals surface area contributed by atoms with Crippen molar-refractivity contribution in [1.29, 1.82) is 5.26 Å². The number of hydrogen-bond donors (Lipinski definition) is 1. The third-order valence-corrected chi connectivity index (χ3v) is 3.45. The van der Waals surface area contributed by atoms with E-state index in [4.69, 9.17) is 5.26 Å². The summed E-state index contributed by atoms with van der Waals surface area (Å²) in [5.74, 6) is 1.04. The number of phenolic OH excluding ortho intramolecular Hbond substituents is 1. The molecule has 0 fully saturated rings. The van der Waals surface area contributed by atoms with Gasteiger partial charge in [0.25, 0.3) is 0 Å². The number of para-hydroxylation sites is 1. The molecule has 2 rings (SSSR count). The SMILES string of the molecule is N#Cc1cccc(CSc2ccccc2O)c1. The molecule has 3 heteroatoms. The molecule has 0 aliphatic heterocycles. The van der Waals surface area contributed by atoms with Gasteiger partial charge in [0.05, 0.1) is 11.6 Å². The third-order valence-electron chi connectivity index (χ3n) is 2.32. The van der Waals surface area contributed by atoms with Crippen LogP contribution in [0.5, 0.6) is 5.75 Å². The highest BCUT2D eigenvalue weighted by molar-refractivity contribution is 7.98. The van der Waals surface area contributed by atoms with E-state index in [-0.39, 0.29) is 0 Å². The van der Waals surface area contributed by atoms with Crippen molar-refractivity contribution >= 4 is 11.8 Å². The molecule has 0 saturated carbocycles.